The maximum Gasteiger partial charge on any atom is 0.108 e. The Morgan fingerprint density at radius 1 is 0.364 bits per heavy atom. The molecule has 134 valence electrons. The van der Waals surface area contributed by atoms with Crippen molar-refractivity contribution < 1.29 is 0 Å². The van der Waals surface area contributed by atoms with Crippen LogP contribution in [0.3, 0.4) is 0 Å². The second-order valence-electron chi connectivity index (χ2n) is 6.97. The monoisotopic (exact) mass is 329 g/mol. The van der Waals surface area contributed by atoms with Gasteiger partial charge in [0.05, 0.1) is 0 Å². The van der Waals surface area contributed by atoms with E-state index in [0.29, 0.717) is 0 Å². The Hall–Kier alpha value is 0.350. The summed E-state index contributed by atoms with van der Waals surface area (Å²) >= 11 is 0. The summed E-state index contributed by atoms with van der Waals surface area (Å²) in [7, 11) is 0.760. The van der Waals surface area contributed by atoms with Crippen LogP contribution in [0.15, 0.2) is 0 Å². The molecule has 0 radical (unpaired) electrons. The van der Waals surface area contributed by atoms with Gasteiger partial charge in [-0.15, -0.1) is 0 Å². The van der Waals surface area contributed by atoms with Gasteiger partial charge < -0.3 is 0 Å². The average Bonchev–Trinajstić information content (AvgIpc) is 2.53. The fraction of sp³-hybridized carbons (Fsp3) is 1.00. The SMILES string of the molecule is CCCCCCCC[S+](CCCCC)CCCCCCCC. The Balaban J connectivity index is 3.65. The van der Waals surface area contributed by atoms with Gasteiger partial charge in [0.25, 0.3) is 0 Å². The molecule has 0 aliphatic rings. The molecule has 0 spiro atoms. The molecule has 0 amide bonds. The highest BCUT2D eigenvalue weighted by atomic mass is 32.2. The molecule has 0 aliphatic carbocycles. The summed E-state index contributed by atoms with van der Waals surface area (Å²) in [6, 6.07) is 0. The molecular weight excluding hydrogens is 284 g/mol. The number of unbranched alkanes of at least 4 members (excludes halogenated alkanes) is 12. The van der Waals surface area contributed by atoms with Crippen LogP contribution in [-0.2, 0) is 10.9 Å². The van der Waals surface area contributed by atoms with E-state index in [1.165, 1.54) is 102 Å². The van der Waals surface area contributed by atoms with Crippen LogP contribution in [0.5, 0.6) is 0 Å². The van der Waals surface area contributed by atoms with Crippen molar-refractivity contribution in [2.45, 2.75) is 117 Å². The standard InChI is InChI=1S/C21H45S/c1-4-7-10-12-14-17-20-22(19-16-9-6-3)21-18-15-13-11-8-5-2/h4-21H2,1-3H3/q+1. The molecule has 0 aromatic carbocycles. The molecule has 0 atom stereocenters. The molecule has 0 fully saturated rings. The minimum absolute atomic E-state index is 0.760. The lowest BCUT2D eigenvalue weighted by atomic mass is 10.1. The third-order valence-electron chi connectivity index (χ3n) is 4.61. The van der Waals surface area contributed by atoms with Crippen molar-refractivity contribution in [2.24, 2.45) is 0 Å². The second kappa shape index (κ2) is 19.4. The minimum atomic E-state index is 0.760. The lowest BCUT2D eigenvalue weighted by Gasteiger charge is -2.09. The molecule has 0 N–H and O–H groups in total. The maximum atomic E-state index is 2.33. The molecule has 0 unspecified atom stereocenters. The highest BCUT2D eigenvalue weighted by molar-refractivity contribution is 7.96. The Labute approximate surface area is 145 Å². The zero-order valence-corrected chi connectivity index (χ0v) is 17.0. The van der Waals surface area contributed by atoms with Gasteiger partial charge in [-0.05, 0) is 49.4 Å². The Bertz CT molecular complexity index is 174. The second-order valence-corrected chi connectivity index (χ2v) is 9.42. The van der Waals surface area contributed by atoms with Crippen molar-refractivity contribution in [3.05, 3.63) is 0 Å². The van der Waals surface area contributed by atoms with Crippen molar-refractivity contribution in [1.82, 2.24) is 0 Å². The Morgan fingerprint density at radius 2 is 0.636 bits per heavy atom. The van der Waals surface area contributed by atoms with E-state index in [1.54, 1.807) is 11.5 Å². The van der Waals surface area contributed by atoms with E-state index in [2.05, 4.69) is 20.8 Å². The molecule has 22 heavy (non-hydrogen) atoms. The van der Waals surface area contributed by atoms with Crippen LogP contribution in [0.2, 0.25) is 0 Å². The first-order valence-corrected chi connectivity index (χ1v) is 12.2. The van der Waals surface area contributed by atoms with Gasteiger partial charge in [0, 0.05) is 0 Å². The van der Waals surface area contributed by atoms with Crippen molar-refractivity contribution in [3.63, 3.8) is 0 Å². The highest BCUT2D eigenvalue weighted by Gasteiger charge is 2.16. The molecule has 0 rings (SSSR count). The van der Waals surface area contributed by atoms with E-state index < -0.39 is 0 Å². The first kappa shape index (κ1) is 22.4. The van der Waals surface area contributed by atoms with E-state index in [4.69, 9.17) is 0 Å². The van der Waals surface area contributed by atoms with Gasteiger partial charge in [-0.2, -0.15) is 0 Å². The summed E-state index contributed by atoms with van der Waals surface area (Å²) in [4.78, 5) is 0. The average molecular weight is 330 g/mol. The fourth-order valence-electron chi connectivity index (χ4n) is 3.04. The fourth-order valence-corrected chi connectivity index (χ4v) is 5.48. The number of rotatable bonds is 18. The lowest BCUT2D eigenvalue weighted by molar-refractivity contribution is 0.622. The van der Waals surface area contributed by atoms with Crippen LogP contribution in [0, 0.1) is 0 Å². The first-order valence-electron chi connectivity index (χ1n) is 10.5. The molecule has 0 aliphatic heterocycles. The Morgan fingerprint density at radius 3 is 1.05 bits per heavy atom. The van der Waals surface area contributed by atoms with Gasteiger partial charge >= 0.3 is 0 Å². The van der Waals surface area contributed by atoms with E-state index in [1.807, 2.05) is 0 Å². The van der Waals surface area contributed by atoms with E-state index in [9.17, 15) is 0 Å². The maximum absolute atomic E-state index is 2.33. The molecule has 0 aromatic heterocycles. The molecule has 0 bridgehead atoms. The topological polar surface area (TPSA) is 0 Å². The zero-order chi connectivity index (χ0) is 16.3. The van der Waals surface area contributed by atoms with Gasteiger partial charge in [-0.25, -0.2) is 0 Å². The summed E-state index contributed by atoms with van der Waals surface area (Å²) in [5.74, 6) is 4.63. The predicted octanol–water partition coefficient (Wildman–Crippen LogP) is 7.52. The molecule has 0 nitrogen and oxygen atoms in total. The number of hydrogen-bond acceptors (Lipinski definition) is 0. The van der Waals surface area contributed by atoms with Crippen LogP contribution in [-0.4, -0.2) is 17.3 Å². The van der Waals surface area contributed by atoms with Crippen molar-refractivity contribution >= 4 is 10.9 Å². The predicted molar refractivity (Wildman–Crippen MR) is 108 cm³/mol. The van der Waals surface area contributed by atoms with Crippen molar-refractivity contribution in [3.8, 4) is 0 Å². The molecule has 0 heterocycles. The van der Waals surface area contributed by atoms with Gasteiger partial charge in [0.1, 0.15) is 17.3 Å². The van der Waals surface area contributed by atoms with Crippen molar-refractivity contribution in [2.75, 3.05) is 17.3 Å². The summed E-state index contributed by atoms with van der Waals surface area (Å²) in [6.45, 7) is 6.96. The van der Waals surface area contributed by atoms with E-state index >= 15 is 0 Å². The van der Waals surface area contributed by atoms with Crippen LogP contribution in [0.4, 0.5) is 0 Å². The van der Waals surface area contributed by atoms with Crippen LogP contribution >= 0.6 is 0 Å². The van der Waals surface area contributed by atoms with Gasteiger partial charge in [0.15, 0.2) is 0 Å². The van der Waals surface area contributed by atoms with Gasteiger partial charge in [-0.1, -0.05) is 78.6 Å². The quantitative estimate of drug-likeness (QED) is 0.180. The van der Waals surface area contributed by atoms with E-state index in [-0.39, 0.29) is 0 Å². The molecular formula is C21H45S+. The zero-order valence-electron chi connectivity index (χ0n) is 16.1. The third-order valence-corrected chi connectivity index (χ3v) is 7.21. The van der Waals surface area contributed by atoms with Gasteiger partial charge in [0.2, 0.25) is 0 Å². The van der Waals surface area contributed by atoms with Crippen molar-refractivity contribution in [1.29, 1.82) is 0 Å². The smallest absolute Gasteiger partial charge is 0.0654 e. The largest absolute Gasteiger partial charge is 0.108 e. The molecule has 0 aromatic rings. The summed E-state index contributed by atoms with van der Waals surface area (Å²) in [5.41, 5.74) is 0. The normalized spacial score (nSPS) is 11.5. The minimum Gasteiger partial charge on any atom is -0.0654 e. The van der Waals surface area contributed by atoms with E-state index in [0.717, 1.165) is 10.9 Å². The first-order chi connectivity index (χ1) is 10.8. The molecule has 0 saturated carbocycles. The van der Waals surface area contributed by atoms with Gasteiger partial charge in [-0.3, -0.25) is 0 Å². The lowest BCUT2D eigenvalue weighted by Crippen LogP contribution is -2.16. The highest BCUT2D eigenvalue weighted by Crippen LogP contribution is 2.13. The molecule has 0 saturated heterocycles. The summed E-state index contributed by atoms with van der Waals surface area (Å²) in [5, 5.41) is 0. The van der Waals surface area contributed by atoms with Crippen LogP contribution in [0.1, 0.15) is 117 Å². The Kier molecular flexibility index (Phi) is 19.7. The third kappa shape index (κ3) is 16.7. The molecule has 1 heteroatoms. The summed E-state index contributed by atoms with van der Waals surface area (Å²) < 4.78 is 0. The number of hydrogen-bond donors (Lipinski definition) is 0. The van der Waals surface area contributed by atoms with Crippen LogP contribution in [0.25, 0.3) is 0 Å². The summed E-state index contributed by atoms with van der Waals surface area (Å²) in [6.07, 6.45) is 21.9. The van der Waals surface area contributed by atoms with Crippen LogP contribution < -0.4 is 0 Å².